The summed E-state index contributed by atoms with van der Waals surface area (Å²) in [5, 5.41) is 0. The zero-order valence-electron chi connectivity index (χ0n) is 13.4. The molecule has 0 amide bonds. The molecule has 3 rings (SSSR count). The van der Waals surface area contributed by atoms with Gasteiger partial charge in [-0.1, -0.05) is 28.1 Å². The van der Waals surface area contributed by atoms with Crippen LogP contribution in [0.1, 0.15) is 18.1 Å². The lowest BCUT2D eigenvalue weighted by molar-refractivity contribution is -0.132. The molecule has 1 aliphatic rings. The van der Waals surface area contributed by atoms with Crippen LogP contribution in [0.25, 0.3) is 11.8 Å². The summed E-state index contributed by atoms with van der Waals surface area (Å²) in [6.07, 6.45) is 3.45. The van der Waals surface area contributed by atoms with Crippen LogP contribution in [0.3, 0.4) is 0 Å². The fourth-order valence-electron chi connectivity index (χ4n) is 2.33. The van der Waals surface area contributed by atoms with Crippen molar-refractivity contribution in [2.75, 3.05) is 0 Å². The minimum Gasteiger partial charge on any atom is -0.424 e. The molecule has 0 spiro atoms. The lowest BCUT2D eigenvalue weighted by Crippen LogP contribution is -2.04. The van der Waals surface area contributed by atoms with E-state index in [1.807, 2.05) is 30.3 Å². The summed E-state index contributed by atoms with van der Waals surface area (Å²) in [7, 11) is 0. The Morgan fingerprint density at radius 1 is 1.19 bits per heavy atom. The number of carbonyl (C=O) groups excluding carboxylic acids is 2. The van der Waals surface area contributed by atoms with Gasteiger partial charge in [0.1, 0.15) is 5.76 Å². The zero-order valence-corrected chi connectivity index (χ0v) is 18.7. The van der Waals surface area contributed by atoms with Crippen molar-refractivity contribution in [2.45, 2.75) is 6.92 Å². The van der Waals surface area contributed by atoms with Gasteiger partial charge in [0.25, 0.3) is 0 Å². The molecular formula is C19H11Br2IO4. The highest BCUT2D eigenvalue weighted by Crippen LogP contribution is 2.34. The van der Waals surface area contributed by atoms with Gasteiger partial charge in [-0.3, -0.25) is 4.79 Å². The van der Waals surface area contributed by atoms with Crippen molar-refractivity contribution in [3.8, 4) is 5.75 Å². The number of cyclic esters (lactones) is 1. The molecule has 1 aliphatic heterocycles. The van der Waals surface area contributed by atoms with Gasteiger partial charge in [0.15, 0.2) is 5.75 Å². The van der Waals surface area contributed by atoms with E-state index in [9.17, 15) is 9.59 Å². The van der Waals surface area contributed by atoms with Crippen molar-refractivity contribution in [3.05, 3.63) is 71.7 Å². The van der Waals surface area contributed by atoms with Crippen LogP contribution in [0.15, 0.2) is 57.0 Å². The molecule has 0 saturated carbocycles. The molecule has 1 heterocycles. The molecule has 0 fully saturated rings. The molecule has 2 aromatic carbocycles. The minimum absolute atomic E-state index is 0.392. The molecule has 132 valence electrons. The summed E-state index contributed by atoms with van der Waals surface area (Å²) in [5.74, 6) is 0.175. The molecule has 0 aliphatic carbocycles. The van der Waals surface area contributed by atoms with Crippen LogP contribution < -0.4 is 4.74 Å². The van der Waals surface area contributed by atoms with Crippen molar-refractivity contribution in [3.63, 3.8) is 0 Å². The van der Waals surface area contributed by atoms with E-state index in [-0.39, 0.29) is 0 Å². The summed E-state index contributed by atoms with van der Waals surface area (Å²) < 4.78 is 12.9. The van der Waals surface area contributed by atoms with Crippen LogP contribution in [0.2, 0.25) is 0 Å². The molecule has 2 aromatic rings. The number of esters is 2. The van der Waals surface area contributed by atoms with Gasteiger partial charge in [-0.25, -0.2) is 4.79 Å². The quantitative estimate of drug-likeness (QED) is 0.199. The van der Waals surface area contributed by atoms with Crippen molar-refractivity contribution in [2.24, 2.45) is 0 Å². The molecule has 0 atom stereocenters. The largest absolute Gasteiger partial charge is 0.424 e. The predicted octanol–water partition coefficient (Wildman–Crippen LogP) is 5.72. The first-order valence-electron chi connectivity index (χ1n) is 7.42. The normalized spacial score (nSPS) is 15.0. The lowest BCUT2D eigenvalue weighted by atomic mass is 10.1. The topological polar surface area (TPSA) is 52.6 Å². The third kappa shape index (κ3) is 4.44. The summed E-state index contributed by atoms with van der Waals surface area (Å²) in [5.41, 5.74) is 2.06. The first-order chi connectivity index (χ1) is 12.3. The Labute approximate surface area is 180 Å². The molecule has 0 aromatic heterocycles. The van der Waals surface area contributed by atoms with Crippen LogP contribution in [-0.2, 0) is 14.3 Å². The second-order valence-corrected chi connectivity index (χ2v) is 8.34. The van der Waals surface area contributed by atoms with E-state index >= 15 is 0 Å². The first kappa shape index (κ1) is 19.3. The number of hydrogen-bond donors (Lipinski definition) is 0. The van der Waals surface area contributed by atoms with E-state index in [1.54, 1.807) is 18.2 Å². The van der Waals surface area contributed by atoms with Gasteiger partial charge >= 0.3 is 11.9 Å². The maximum Gasteiger partial charge on any atom is 0.343 e. The average molecular weight is 590 g/mol. The van der Waals surface area contributed by atoms with Crippen LogP contribution in [-0.4, -0.2) is 11.9 Å². The molecule has 7 heteroatoms. The number of carbonyl (C=O) groups is 2. The third-order valence-corrected chi connectivity index (χ3v) is 5.36. The Morgan fingerprint density at radius 2 is 1.88 bits per heavy atom. The molecule has 0 unspecified atom stereocenters. The van der Waals surface area contributed by atoms with Gasteiger partial charge in [0, 0.05) is 17.0 Å². The summed E-state index contributed by atoms with van der Waals surface area (Å²) in [4.78, 5) is 23.4. The van der Waals surface area contributed by atoms with Crippen molar-refractivity contribution < 1.29 is 19.1 Å². The standard InChI is InChI=1S/C19H11Br2IO4/c1-10(23)25-18-15(21)7-11(8-16(18)22)6-13-9-17(26-19(13)24)12-2-4-14(20)5-3-12/h2-9H,1H3/b13-6+. The number of halogens is 3. The number of hydrogen-bond acceptors (Lipinski definition) is 4. The zero-order chi connectivity index (χ0) is 18.8. The summed E-state index contributed by atoms with van der Waals surface area (Å²) >= 11 is 8.86. The second-order valence-electron chi connectivity index (χ2n) is 5.41. The maximum absolute atomic E-state index is 12.2. The van der Waals surface area contributed by atoms with Crippen LogP contribution in [0.5, 0.6) is 5.75 Å². The molecular weight excluding hydrogens is 579 g/mol. The van der Waals surface area contributed by atoms with Gasteiger partial charge in [0.05, 0.1) is 13.6 Å². The highest BCUT2D eigenvalue weighted by atomic mass is 127. The Morgan fingerprint density at radius 3 is 2.50 bits per heavy atom. The van der Waals surface area contributed by atoms with Gasteiger partial charge in [-0.05, 0) is 80.5 Å². The fourth-order valence-corrected chi connectivity index (χ4v) is 4.28. The highest BCUT2D eigenvalue weighted by Gasteiger charge is 2.22. The monoisotopic (exact) mass is 588 g/mol. The van der Waals surface area contributed by atoms with Crippen LogP contribution in [0.4, 0.5) is 0 Å². The highest BCUT2D eigenvalue weighted by molar-refractivity contribution is 14.1. The van der Waals surface area contributed by atoms with E-state index in [2.05, 4.69) is 54.5 Å². The lowest BCUT2D eigenvalue weighted by Gasteiger charge is -2.08. The number of ether oxygens (including phenoxy) is 2. The Kier molecular flexibility index (Phi) is 5.99. The Balaban J connectivity index is 1.93. The average Bonchev–Trinajstić information content (AvgIpc) is 2.92. The van der Waals surface area contributed by atoms with E-state index in [0.29, 0.717) is 21.6 Å². The van der Waals surface area contributed by atoms with Gasteiger partial charge < -0.3 is 9.47 Å². The minimum atomic E-state index is -0.405. The van der Waals surface area contributed by atoms with E-state index in [1.165, 1.54) is 6.92 Å². The van der Waals surface area contributed by atoms with Crippen molar-refractivity contribution >= 4 is 78.2 Å². The predicted molar refractivity (Wildman–Crippen MR) is 114 cm³/mol. The first-order valence-corrected chi connectivity index (χ1v) is 10.1. The maximum atomic E-state index is 12.2. The molecule has 4 nitrogen and oxygen atoms in total. The van der Waals surface area contributed by atoms with Crippen molar-refractivity contribution in [1.29, 1.82) is 0 Å². The fraction of sp³-hybridized carbons (Fsp3) is 0.0526. The molecule has 0 N–H and O–H groups in total. The summed E-state index contributed by atoms with van der Waals surface area (Å²) in [6.45, 7) is 1.35. The van der Waals surface area contributed by atoms with Gasteiger partial charge in [-0.2, -0.15) is 0 Å². The Hall–Kier alpha value is -1.45. The van der Waals surface area contributed by atoms with Crippen LogP contribution >= 0.6 is 54.5 Å². The van der Waals surface area contributed by atoms with E-state index < -0.39 is 11.9 Å². The SMILES string of the molecule is CC(=O)Oc1c(Br)cc(/C=C2\C=C(c3ccc(Br)cc3)OC2=O)cc1I. The number of rotatable bonds is 3. The van der Waals surface area contributed by atoms with Crippen molar-refractivity contribution in [1.82, 2.24) is 0 Å². The summed E-state index contributed by atoms with van der Waals surface area (Å²) in [6, 6.07) is 11.1. The molecule has 0 bridgehead atoms. The third-order valence-electron chi connectivity index (χ3n) is 3.44. The Bertz CT molecular complexity index is 939. The van der Waals surface area contributed by atoms with Gasteiger partial charge in [-0.15, -0.1) is 0 Å². The second kappa shape index (κ2) is 8.06. The molecule has 0 saturated heterocycles. The number of benzene rings is 2. The molecule has 26 heavy (non-hydrogen) atoms. The van der Waals surface area contributed by atoms with E-state index in [4.69, 9.17) is 9.47 Å². The smallest absolute Gasteiger partial charge is 0.343 e. The van der Waals surface area contributed by atoms with Crippen LogP contribution in [0, 0.1) is 3.57 Å². The van der Waals surface area contributed by atoms with Gasteiger partial charge in [0.2, 0.25) is 0 Å². The van der Waals surface area contributed by atoms with E-state index in [0.717, 1.165) is 19.2 Å². The molecule has 0 radical (unpaired) electrons.